The van der Waals surface area contributed by atoms with E-state index in [9.17, 15) is 9.18 Å². The number of rotatable bonds is 2. The van der Waals surface area contributed by atoms with Crippen LogP contribution in [0.25, 0.3) is 0 Å². The van der Waals surface area contributed by atoms with Crippen LogP contribution in [0.15, 0.2) is 24.3 Å². The van der Waals surface area contributed by atoms with E-state index in [-0.39, 0.29) is 23.9 Å². The van der Waals surface area contributed by atoms with Gasteiger partial charge in [0.05, 0.1) is 6.04 Å². The maximum Gasteiger partial charge on any atom is 0.318 e. The molecule has 1 atom stereocenters. The third-order valence-corrected chi connectivity index (χ3v) is 3.18. The maximum absolute atomic E-state index is 12.9. The van der Waals surface area contributed by atoms with Crippen LogP contribution in [-0.4, -0.2) is 23.5 Å². The quantitative estimate of drug-likeness (QED) is 0.859. The number of halogens is 1. The number of carbonyl (C=O) groups excluding carboxylic acids is 1. The molecule has 1 aromatic carbocycles. The van der Waals surface area contributed by atoms with E-state index in [4.69, 9.17) is 0 Å². The standard InChI is InChI=1S/C14H19FN2O/c1-10(2)16-14(18)17-9-3-4-13(17)11-5-7-12(15)8-6-11/h5-8,10,13H,3-4,9H2,1-2H3,(H,16,18)/t13-/m1/s1. The second-order valence-electron chi connectivity index (χ2n) is 5.01. The molecule has 0 aromatic heterocycles. The van der Waals surface area contributed by atoms with E-state index in [0.717, 1.165) is 24.9 Å². The van der Waals surface area contributed by atoms with Crippen LogP contribution < -0.4 is 5.32 Å². The van der Waals surface area contributed by atoms with E-state index in [1.54, 1.807) is 12.1 Å². The molecular formula is C14H19FN2O. The largest absolute Gasteiger partial charge is 0.336 e. The molecule has 1 aliphatic rings. The van der Waals surface area contributed by atoms with E-state index in [0.29, 0.717) is 0 Å². The first-order chi connectivity index (χ1) is 8.58. The zero-order chi connectivity index (χ0) is 13.1. The van der Waals surface area contributed by atoms with Crippen molar-refractivity contribution in [3.8, 4) is 0 Å². The molecule has 0 spiro atoms. The van der Waals surface area contributed by atoms with Gasteiger partial charge in [-0.05, 0) is 44.4 Å². The van der Waals surface area contributed by atoms with Crippen molar-refractivity contribution in [1.29, 1.82) is 0 Å². The number of likely N-dealkylation sites (tertiary alicyclic amines) is 1. The minimum absolute atomic E-state index is 0.0307. The normalized spacial score (nSPS) is 19.3. The lowest BCUT2D eigenvalue weighted by atomic mass is 10.0. The third-order valence-electron chi connectivity index (χ3n) is 3.18. The van der Waals surface area contributed by atoms with Crippen molar-refractivity contribution in [2.45, 2.75) is 38.8 Å². The van der Waals surface area contributed by atoms with E-state index < -0.39 is 0 Å². The molecule has 0 radical (unpaired) electrons. The summed E-state index contributed by atoms with van der Waals surface area (Å²) in [5, 5.41) is 2.91. The Balaban J connectivity index is 2.12. The van der Waals surface area contributed by atoms with Gasteiger partial charge >= 0.3 is 6.03 Å². The minimum Gasteiger partial charge on any atom is -0.336 e. The average Bonchev–Trinajstić information content (AvgIpc) is 2.78. The Hall–Kier alpha value is -1.58. The van der Waals surface area contributed by atoms with Crippen LogP contribution in [0.1, 0.15) is 38.3 Å². The highest BCUT2D eigenvalue weighted by atomic mass is 19.1. The summed E-state index contributed by atoms with van der Waals surface area (Å²) in [7, 11) is 0. The van der Waals surface area contributed by atoms with Gasteiger partial charge in [-0.25, -0.2) is 9.18 Å². The van der Waals surface area contributed by atoms with Crippen molar-refractivity contribution in [1.82, 2.24) is 10.2 Å². The van der Waals surface area contributed by atoms with Crippen molar-refractivity contribution in [3.05, 3.63) is 35.6 Å². The number of benzene rings is 1. The summed E-state index contributed by atoms with van der Waals surface area (Å²) in [5.74, 6) is -0.241. The molecule has 1 aliphatic heterocycles. The van der Waals surface area contributed by atoms with Crippen LogP contribution in [0, 0.1) is 5.82 Å². The van der Waals surface area contributed by atoms with Crippen LogP contribution in [0.3, 0.4) is 0 Å². The number of nitrogens with zero attached hydrogens (tertiary/aromatic N) is 1. The molecule has 1 aromatic rings. The molecule has 3 nitrogen and oxygen atoms in total. The highest BCUT2D eigenvalue weighted by Gasteiger charge is 2.29. The van der Waals surface area contributed by atoms with Gasteiger partial charge in [0.25, 0.3) is 0 Å². The Morgan fingerprint density at radius 3 is 2.67 bits per heavy atom. The maximum atomic E-state index is 12.9. The summed E-state index contributed by atoms with van der Waals surface area (Å²) in [4.78, 5) is 13.9. The first-order valence-electron chi connectivity index (χ1n) is 6.40. The van der Waals surface area contributed by atoms with Gasteiger partial charge < -0.3 is 10.2 Å². The fraction of sp³-hybridized carbons (Fsp3) is 0.500. The molecule has 4 heteroatoms. The van der Waals surface area contributed by atoms with Gasteiger partial charge in [-0.15, -0.1) is 0 Å². The molecule has 1 heterocycles. The SMILES string of the molecule is CC(C)NC(=O)N1CCC[C@@H]1c1ccc(F)cc1. The second-order valence-corrected chi connectivity index (χ2v) is 5.01. The van der Waals surface area contributed by atoms with Crippen molar-refractivity contribution in [2.75, 3.05) is 6.54 Å². The van der Waals surface area contributed by atoms with Crippen LogP contribution in [0.2, 0.25) is 0 Å². The Morgan fingerprint density at radius 1 is 1.39 bits per heavy atom. The number of hydrogen-bond acceptors (Lipinski definition) is 1. The van der Waals surface area contributed by atoms with E-state index in [1.807, 2.05) is 18.7 Å². The van der Waals surface area contributed by atoms with Gasteiger partial charge in [0.1, 0.15) is 5.82 Å². The topological polar surface area (TPSA) is 32.3 Å². The Kier molecular flexibility index (Phi) is 3.84. The first-order valence-corrected chi connectivity index (χ1v) is 6.40. The lowest BCUT2D eigenvalue weighted by Crippen LogP contribution is -2.42. The monoisotopic (exact) mass is 250 g/mol. The highest BCUT2D eigenvalue weighted by Crippen LogP contribution is 2.31. The molecule has 1 N–H and O–H groups in total. The van der Waals surface area contributed by atoms with Crippen LogP contribution >= 0.6 is 0 Å². The van der Waals surface area contributed by atoms with E-state index >= 15 is 0 Å². The Morgan fingerprint density at radius 2 is 2.06 bits per heavy atom. The molecule has 0 aliphatic carbocycles. The zero-order valence-electron chi connectivity index (χ0n) is 10.8. The van der Waals surface area contributed by atoms with E-state index in [2.05, 4.69) is 5.32 Å². The fourth-order valence-electron chi connectivity index (χ4n) is 2.37. The van der Waals surface area contributed by atoms with Gasteiger partial charge in [-0.3, -0.25) is 0 Å². The van der Waals surface area contributed by atoms with Crippen LogP contribution in [0.5, 0.6) is 0 Å². The van der Waals surface area contributed by atoms with Gasteiger partial charge in [-0.1, -0.05) is 12.1 Å². The summed E-state index contributed by atoms with van der Waals surface area (Å²) in [6.45, 7) is 4.66. The molecule has 98 valence electrons. The van der Waals surface area contributed by atoms with Crippen molar-refractivity contribution in [3.63, 3.8) is 0 Å². The predicted molar refractivity (Wildman–Crippen MR) is 68.7 cm³/mol. The molecule has 2 rings (SSSR count). The van der Waals surface area contributed by atoms with E-state index in [1.165, 1.54) is 12.1 Å². The molecule has 2 amide bonds. The summed E-state index contributed by atoms with van der Waals surface area (Å²) < 4.78 is 12.9. The van der Waals surface area contributed by atoms with Crippen LogP contribution in [-0.2, 0) is 0 Å². The molecule has 1 saturated heterocycles. The average molecular weight is 250 g/mol. The molecule has 1 fully saturated rings. The lowest BCUT2D eigenvalue weighted by molar-refractivity contribution is 0.190. The fourth-order valence-corrected chi connectivity index (χ4v) is 2.37. The number of amides is 2. The summed E-state index contributed by atoms with van der Waals surface area (Å²) in [5.41, 5.74) is 1.01. The predicted octanol–water partition coefficient (Wildman–Crippen LogP) is 3.08. The number of hydrogen-bond donors (Lipinski definition) is 1. The zero-order valence-corrected chi connectivity index (χ0v) is 10.8. The summed E-state index contributed by atoms with van der Waals surface area (Å²) in [6.07, 6.45) is 1.94. The highest BCUT2D eigenvalue weighted by molar-refractivity contribution is 5.75. The molecular weight excluding hydrogens is 231 g/mol. The molecule has 0 unspecified atom stereocenters. The summed E-state index contributed by atoms with van der Waals surface area (Å²) >= 11 is 0. The second kappa shape index (κ2) is 5.38. The van der Waals surface area contributed by atoms with Gasteiger partial charge in [0, 0.05) is 12.6 Å². The number of carbonyl (C=O) groups is 1. The third kappa shape index (κ3) is 2.81. The van der Waals surface area contributed by atoms with Gasteiger partial charge in [-0.2, -0.15) is 0 Å². The van der Waals surface area contributed by atoms with Crippen LogP contribution in [0.4, 0.5) is 9.18 Å². The molecule has 18 heavy (non-hydrogen) atoms. The number of nitrogens with one attached hydrogen (secondary N) is 1. The Bertz CT molecular complexity index is 416. The van der Waals surface area contributed by atoms with Gasteiger partial charge in [0.15, 0.2) is 0 Å². The van der Waals surface area contributed by atoms with Crippen molar-refractivity contribution < 1.29 is 9.18 Å². The van der Waals surface area contributed by atoms with Crippen molar-refractivity contribution >= 4 is 6.03 Å². The first kappa shape index (κ1) is 12.9. The van der Waals surface area contributed by atoms with Gasteiger partial charge in [0.2, 0.25) is 0 Å². The number of urea groups is 1. The van der Waals surface area contributed by atoms with Crippen molar-refractivity contribution in [2.24, 2.45) is 0 Å². The minimum atomic E-state index is -0.241. The summed E-state index contributed by atoms with van der Waals surface area (Å²) in [6, 6.07) is 6.61. The molecule has 0 saturated carbocycles. The lowest BCUT2D eigenvalue weighted by Gasteiger charge is -2.26. The molecule has 0 bridgehead atoms. The Labute approximate surface area is 107 Å². The smallest absolute Gasteiger partial charge is 0.318 e.